The number of pyridine rings is 1. The van der Waals surface area contributed by atoms with Gasteiger partial charge in [0.25, 0.3) is 0 Å². The first-order valence-electron chi connectivity index (χ1n) is 7.91. The highest BCUT2D eigenvalue weighted by atomic mass is 16.5. The first-order chi connectivity index (χ1) is 12.2. The first-order valence-corrected chi connectivity index (χ1v) is 7.91. The van der Waals surface area contributed by atoms with Crippen LogP contribution < -0.4 is 10.5 Å². The van der Waals surface area contributed by atoms with Crippen molar-refractivity contribution < 1.29 is 9.15 Å². The van der Waals surface area contributed by atoms with Crippen molar-refractivity contribution in [3.63, 3.8) is 0 Å². The van der Waals surface area contributed by atoms with Gasteiger partial charge < -0.3 is 9.15 Å². The van der Waals surface area contributed by atoms with Crippen LogP contribution >= 0.6 is 0 Å². The monoisotopic (exact) mass is 332 g/mol. The van der Waals surface area contributed by atoms with E-state index in [2.05, 4.69) is 4.98 Å². The largest absolute Gasteiger partial charge is 0.497 e. The topological polar surface area (TPSA) is 57.3 Å². The van der Waals surface area contributed by atoms with Crippen LogP contribution in [0.2, 0.25) is 0 Å². The van der Waals surface area contributed by atoms with Crippen LogP contribution in [0.3, 0.4) is 0 Å². The van der Waals surface area contributed by atoms with Gasteiger partial charge in [-0.2, -0.15) is 0 Å². The first kappa shape index (κ1) is 15.2. The molecule has 0 atom stereocenters. The molecule has 0 spiro atoms. The van der Waals surface area contributed by atoms with E-state index in [9.17, 15) is 4.79 Å². The lowest BCUT2D eigenvalue weighted by Gasteiger charge is -2.06. The highest BCUT2D eigenvalue weighted by molar-refractivity contribution is 5.80. The van der Waals surface area contributed by atoms with Gasteiger partial charge in [0.1, 0.15) is 5.75 Å². The van der Waals surface area contributed by atoms with E-state index < -0.39 is 0 Å². The maximum Gasteiger partial charge on any atom is 0.420 e. The zero-order valence-electron chi connectivity index (χ0n) is 13.7. The molecule has 0 saturated carbocycles. The van der Waals surface area contributed by atoms with E-state index in [1.807, 2.05) is 54.6 Å². The van der Waals surface area contributed by atoms with Gasteiger partial charge in [0.2, 0.25) is 0 Å². The molecule has 124 valence electrons. The number of ether oxygens (including phenoxy) is 1. The lowest BCUT2D eigenvalue weighted by atomic mass is 10.1. The molecule has 0 saturated heterocycles. The van der Waals surface area contributed by atoms with Crippen molar-refractivity contribution in [1.82, 2.24) is 9.55 Å². The second kappa shape index (κ2) is 6.28. The lowest BCUT2D eigenvalue weighted by Crippen LogP contribution is -2.14. The second-order valence-electron chi connectivity index (χ2n) is 5.73. The number of methoxy groups -OCH3 is 1. The predicted octanol–water partition coefficient (Wildman–Crippen LogP) is 3.71. The molecule has 0 fully saturated rings. The molecule has 4 rings (SSSR count). The van der Waals surface area contributed by atoms with Crippen LogP contribution in [0.1, 0.15) is 5.56 Å². The van der Waals surface area contributed by atoms with Crippen molar-refractivity contribution in [3.8, 4) is 16.9 Å². The summed E-state index contributed by atoms with van der Waals surface area (Å²) < 4.78 is 12.3. The predicted molar refractivity (Wildman–Crippen MR) is 95.8 cm³/mol. The van der Waals surface area contributed by atoms with Crippen LogP contribution in [0.15, 0.2) is 76.2 Å². The Morgan fingerprint density at radius 2 is 2.00 bits per heavy atom. The zero-order valence-corrected chi connectivity index (χ0v) is 13.7. The van der Waals surface area contributed by atoms with E-state index in [4.69, 9.17) is 9.15 Å². The van der Waals surface area contributed by atoms with E-state index >= 15 is 0 Å². The minimum atomic E-state index is -0.374. The van der Waals surface area contributed by atoms with Crippen LogP contribution in [0, 0.1) is 0 Å². The summed E-state index contributed by atoms with van der Waals surface area (Å²) in [6.45, 7) is 0.426. The molecule has 5 nitrogen and oxygen atoms in total. The molecule has 0 unspecified atom stereocenters. The molecule has 2 aromatic carbocycles. The van der Waals surface area contributed by atoms with E-state index in [-0.39, 0.29) is 5.76 Å². The van der Waals surface area contributed by atoms with Crippen molar-refractivity contribution in [2.75, 3.05) is 7.11 Å². The fourth-order valence-electron chi connectivity index (χ4n) is 2.88. The third-order valence-electron chi connectivity index (χ3n) is 4.14. The fraction of sp³-hybridized carbons (Fsp3) is 0.100. The number of rotatable bonds is 4. The van der Waals surface area contributed by atoms with E-state index in [1.54, 1.807) is 24.1 Å². The summed E-state index contributed by atoms with van der Waals surface area (Å²) in [6.07, 6.45) is 3.51. The SMILES string of the molecule is COc1cccc(Cn2c(=O)oc3cc(-c4cccnc4)ccc32)c1. The summed E-state index contributed by atoms with van der Waals surface area (Å²) in [5.41, 5.74) is 4.24. The van der Waals surface area contributed by atoms with Gasteiger partial charge in [-0.3, -0.25) is 9.55 Å². The zero-order chi connectivity index (χ0) is 17.2. The van der Waals surface area contributed by atoms with Gasteiger partial charge in [0, 0.05) is 18.0 Å². The van der Waals surface area contributed by atoms with Gasteiger partial charge in [-0.15, -0.1) is 0 Å². The summed E-state index contributed by atoms with van der Waals surface area (Å²) in [6, 6.07) is 17.2. The van der Waals surface area contributed by atoms with Crippen molar-refractivity contribution in [1.29, 1.82) is 0 Å². The Bertz CT molecular complexity index is 1080. The Kier molecular flexibility index (Phi) is 3.82. The minimum absolute atomic E-state index is 0.374. The average Bonchev–Trinajstić information content (AvgIpc) is 2.97. The van der Waals surface area contributed by atoms with Crippen molar-refractivity contribution in [2.24, 2.45) is 0 Å². The number of aromatic nitrogens is 2. The molecule has 0 aliphatic rings. The summed E-state index contributed by atoms with van der Waals surface area (Å²) >= 11 is 0. The molecule has 5 heteroatoms. The van der Waals surface area contributed by atoms with Crippen LogP contribution in [0.5, 0.6) is 5.75 Å². The Morgan fingerprint density at radius 3 is 2.80 bits per heavy atom. The Morgan fingerprint density at radius 1 is 1.08 bits per heavy atom. The normalized spacial score (nSPS) is 10.9. The smallest absolute Gasteiger partial charge is 0.420 e. The average molecular weight is 332 g/mol. The quantitative estimate of drug-likeness (QED) is 0.571. The molecule has 2 heterocycles. The fourth-order valence-corrected chi connectivity index (χ4v) is 2.88. The van der Waals surface area contributed by atoms with Crippen LogP contribution in [-0.4, -0.2) is 16.7 Å². The Labute approximate surface area is 144 Å². The van der Waals surface area contributed by atoms with Crippen molar-refractivity contribution in [3.05, 3.63) is 83.1 Å². The Balaban J connectivity index is 1.75. The highest BCUT2D eigenvalue weighted by Crippen LogP contribution is 2.24. The number of oxazole rings is 1. The van der Waals surface area contributed by atoms with Gasteiger partial charge in [-0.25, -0.2) is 4.79 Å². The van der Waals surface area contributed by atoms with Gasteiger partial charge in [-0.1, -0.05) is 24.3 Å². The summed E-state index contributed by atoms with van der Waals surface area (Å²) in [4.78, 5) is 16.4. The number of hydrogen-bond acceptors (Lipinski definition) is 4. The molecule has 0 aliphatic carbocycles. The van der Waals surface area contributed by atoms with Gasteiger partial charge in [0.05, 0.1) is 19.2 Å². The molecule has 0 aliphatic heterocycles. The van der Waals surface area contributed by atoms with E-state index in [0.29, 0.717) is 12.1 Å². The maximum absolute atomic E-state index is 12.3. The number of nitrogens with zero attached hydrogens (tertiary/aromatic N) is 2. The molecule has 0 N–H and O–H groups in total. The third kappa shape index (κ3) is 2.92. The highest BCUT2D eigenvalue weighted by Gasteiger charge is 2.11. The Hall–Kier alpha value is -3.34. The summed E-state index contributed by atoms with van der Waals surface area (Å²) in [7, 11) is 1.62. The van der Waals surface area contributed by atoms with Gasteiger partial charge in [-0.05, 0) is 41.5 Å². The number of fused-ring (bicyclic) bond motifs is 1. The molecule has 0 bridgehead atoms. The van der Waals surface area contributed by atoms with Crippen LogP contribution in [0.4, 0.5) is 0 Å². The molecule has 25 heavy (non-hydrogen) atoms. The molecule has 0 amide bonds. The summed E-state index contributed by atoms with van der Waals surface area (Å²) in [5, 5.41) is 0. The third-order valence-corrected chi connectivity index (χ3v) is 4.14. The molecule has 0 radical (unpaired) electrons. The van der Waals surface area contributed by atoms with Gasteiger partial charge >= 0.3 is 5.76 Å². The molecule has 2 aromatic heterocycles. The standard InChI is InChI=1S/C20H16N2O3/c1-24-17-6-2-4-14(10-17)13-22-18-8-7-15(11-19(18)25-20(22)23)16-5-3-9-21-12-16/h2-12H,13H2,1H3. The van der Waals surface area contributed by atoms with E-state index in [0.717, 1.165) is 28.0 Å². The van der Waals surface area contributed by atoms with Crippen LogP contribution in [0.25, 0.3) is 22.2 Å². The van der Waals surface area contributed by atoms with Gasteiger partial charge in [0.15, 0.2) is 5.58 Å². The number of benzene rings is 2. The minimum Gasteiger partial charge on any atom is -0.497 e. The van der Waals surface area contributed by atoms with Crippen molar-refractivity contribution >= 4 is 11.1 Å². The molecule has 4 aromatic rings. The molecular formula is C20H16N2O3. The number of hydrogen-bond donors (Lipinski definition) is 0. The maximum atomic E-state index is 12.3. The molecular weight excluding hydrogens is 316 g/mol. The lowest BCUT2D eigenvalue weighted by molar-refractivity contribution is 0.414. The van der Waals surface area contributed by atoms with E-state index in [1.165, 1.54) is 0 Å². The van der Waals surface area contributed by atoms with Crippen LogP contribution in [-0.2, 0) is 6.54 Å². The summed E-state index contributed by atoms with van der Waals surface area (Å²) in [5.74, 6) is 0.387. The second-order valence-corrected chi connectivity index (χ2v) is 5.73. The van der Waals surface area contributed by atoms with Crippen molar-refractivity contribution in [2.45, 2.75) is 6.54 Å².